The second kappa shape index (κ2) is 14.0. The summed E-state index contributed by atoms with van der Waals surface area (Å²) in [6, 6.07) is 58.6. The van der Waals surface area contributed by atoms with Crippen LogP contribution >= 0.6 is 0 Å². The Morgan fingerprint density at radius 2 is 0.683 bits per heavy atom. The molecule has 0 saturated heterocycles. The molecule has 9 heteroatoms. The largest absolute Gasteiger partial charge is 0.308 e. The Kier molecular flexibility index (Phi) is 8.19. The van der Waals surface area contributed by atoms with Gasteiger partial charge in [-0.15, -0.1) is 0 Å². The summed E-state index contributed by atoms with van der Waals surface area (Å²) in [5, 5.41) is 53.7. The number of hydrogen-bond donors (Lipinski definition) is 0. The van der Waals surface area contributed by atoms with E-state index < -0.39 is 0 Å². The lowest BCUT2D eigenvalue weighted by Crippen LogP contribution is -2.07. The average Bonchev–Trinajstić information content (AvgIpc) is 3.82. The third-order valence-electron chi connectivity index (χ3n) is 10.8. The lowest BCUT2D eigenvalue weighted by Gasteiger charge is -2.21. The van der Waals surface area contributed by atoms with Crippen molar-refractivity contribution in [1.82, 2.24) is 19.1 Å². The van der Waals surface area contributed by atoms with E-state index in [9.17, 15) is 26.3 Å². The number of hydrogen-bond acceptors (Lipinski definition) is 7. The van der Waals surface area contributed by atoms with Crippen molar-refractivity contribution in [2.75, 3.05) is 0 Å². The molecule has 0 bridgehead atoms. The van der Waals surface area contributed by atoms with Crippen molar-refractivity contribution in [3.63, 3.8) is 0 Å². The van der Waals surface area contributed by atoms with Gasteiger partial charge in [0, 0.05) is 32.7 Å². The molecule has 3 heterocycles. The fraction of sp³-hybridized carbons (Fsp3) is 0. The second-order valence-corrected chi connectivity index (χ2v) is 14.2. The maximum absolute atomic E-state index is 10.8. The third kappa shape index (κ3) is 5.59. The highest BCUT2D eigenvalue weighted by atomic mass is 15.0. The quantitative estimate of drug-likeness (QED) is 0.169. The van der Waals surface area contributed by atoms with E-state index in [1.54, 1.807) is 24.3 Å². The van der Waals surface area contributed by atoms with E-state index >= 15 is 0 Å². The lowest BCUT2D eigenvalue weighted by molar-refractivity contribution is 1.10. The molecule has 9 nitrogen and oxygen atoms in total. The van der Waals surface area contributed by atoms with E-state index in [-0.39, 0.29) is 0 Å². The van der Waals surface area contributed by atoms with Crippen molar-refractivity contribution in [3.05, 3.63) is 179 Å². The molecule has 274 valence electrons. The van der Waals surface area contributed by atoms with Crippen LogP contribution in [0.3, 0.4) is 0 Å². The maximum Gasteiger partial charge on any atom is 0.164 e. The maximum atomic E-state index is 10.8. The Hall–Kier alpha value is -9.33. The smallest absolute Gasteiger partial charge is 0.164 e. The van der Waals surface area contributed by atoms with Gasteiger partial charge in [-0.2, -0.15) is 26.3 Å². The first kappa shape index (κ1) is 35.1. The van der Waals surface area contributed by atoms with E-state index in [1.165, 1.54) is 0 Å². The predicted molar refractivity (Wildman–Crippen MR) is 231 cm³/mol. The third-order valence-corrected chi connectivity index (χ3v) is 10.8. The van der Waals surface area contributed by atoms with Crippen molar-refractivity contribution in [3.8, 4) is 75.6 Å². The van der Waals surface area contributed by atoms with Crippen LogP contribution in [0.5, 0.6) is 0 Å². The first-order valence-corrected chi connectivity index (χ1v) is 18.9. The molecule has 7 aromatic carbocycles. The molecule has 3 aromatic heterocycles. The van der Waals surface area contributed by atoms with E-state index in [4.69, 9.17) is 9.97 Å². The molecule has 0 unspecified atom stereocenters. The highest BCUT2D eigenvalue weighted by Crippen LogP contribution is 2.43. The summed E-state index contributed by atoms with van der Waals surface area (Å²) >= 11 is 0. The SMILES string of the molecule is N#Cc1cc(-n2c3ccc(C#N)cc3c3cc(C#N)ccc32)c(-c2nc(-c3ccccc3)cc(-c3ccccc3)n2)c(-n2c3ccc(C#N)cc3c3cc(C#N)ccc32)c1. The van der Waals surface area contributed by atoms with Crippen LogP contribution in [0.15, 0.2) is 152 Å². The normalized spacial score (nSPS) is 10.9. The van der Waals surface area contributed by atoms with Gasteiger partial charge in [0.05, 0.1) is 109 Å². The molecule has 0 N–H and O–H groups in total. The van der Waals surface area contributed by atoms with Gasteiger partial charge in [0.25, 0.3) is 0 Å². The van der Waals surface area contributed by atoms with Crippen molar-refractivity contribution in [2.24, 2.45) is 0 Å². The molecule has 0 spiro atoms. The van der Waals surface area contributed by atoms with Gasteiger partial charge in [0.15, 0.2) is 5.82 Å². The minimum atomic E-state index is 0.348. The fourth-order valence-corrected chi connectivity index (χ4v) is 8.17. The first-order valence-electron chi connectivity index (χ1n) is 18.9. The Labute approximate surface area is 343 Å². The van der Waals surface area contributed by atoms with Gasteiger partial charge < -0.3 is 9.13 Å². The van der Waals surface area contributed by atoms with Gasteiger partial charge in [0.2, 0.25) is 0 Å². The predicted octanol–water partition coefficient (Wildman–Crippen LogP) is 11.0. The molecule has 0 aliphatic carbocycles. The zero-order chi connectivity index (χ0) is 40.9. The molecule has 10 aromatic rings. The summed E-state index contributed by atoms with van der Waals surface area (Å²) in [4.78, 5) is 10.7. The van der Waals surface area contributed by atoms with Gasteiger partial charge in [-0.1, -0.05) is 60.7 Å². The van der Waals surface area contributed by atoms with Crippen molar-refractivity contribution < 1.29 is 0 Å². The molecule has 60 heavy (non-hydrogen) atoms. The molecule has 10 rings (SSSR count). The number of nitrogens with zero attached hydrogens (tertiary/aromatic N) is 9. The number of fused-ring (bicyclic) bond motifs is 6. The molecular weight excluding hydrogens is 739 g/mol. The zero-order valence-electron chi connectivity index (χ0n) is 31.5. The molecular formula is C51H25N9. The monoisotopic (exact) mass is 763 g/mol. The fourth-order valence-electron chi connectivity index (χ4n) is 8.17. The Balaban J connectivity index is 1.43. The molecule has 0 amide bonds. The molecule has 0 fully saturated rings. The lowest BCUT2D eigenvalue weighted by atomic mass is 10.0. The highest BCUT2D eigenvalue weighted by molar-refractivity contribution is 6.12. The van der Waals surface area contributed by atoms with Crippen LogP contribution in [0.25, 0.3) is 88.9 Å². The average molecular weight is 764 g/mol. The van der Waals surface area contributed by atoms with Crippen molar-refractivity contribution >= 4 is 43.6 Å². The summed E-state index contributed by atoms with van der Waals surface area (Å²) in [6.45, 7) is 0. The van der Waals surface area contributed by atoms with E-state index in [2.05, 4.69) is 30.3 Å². The number of benzene rings is 7. The summed E-state index contributed by atoms with van der Waals surface area (Å²) in [5.41, 5.74) is 10.0. The van der Waals surface area contributed by atoms with E-state index in [0.717, 1.165) is 54.7 Å². The molecule has 0 atom stereocenters. The van der Waals surface area contributed by atoms with E-state index in [1.807, 2.05) is 137 Å². The van der Waals surface area contributed by atoms with Crippen molar-refractivity contribution in [2.45, 2.75) is 0 Å². The Bertz CT molecular complexity index is 3280. The Morgan fingerprint density at radius 3 is 1.00 bits per heavy atom. The standard InChI is InChI=1S/C51H25N9/c52-26-31-11-15-44-38(19-31)39-20-32(27-53)12-16-45(39)59(44)48-23-35(30-56)24-49(60-46-17-13-33(28-54)21-40(46)41-22-34(29-55)14-18-47(41)60)50(48)51-57-42(36-7-3-1-4-8-36)25-43(58-51)37-9-5-2-6-10-37/h1-25H. The van der Waals surface area contributed by atoms with Crippen LogP contribution in [-0.4, -0.2) is 19.1 Å². The van der Waals surface area contributed by atoms with E-state index in [0.29, 0.717) is 62.0 Å². The summed E-state index contributed by atoms with van der Waals surface area (Å²) in [5.74, 6) is 0.374. The number of aromatic nitrogens is 4. The van der Waals surface area contributed by atoms with Gasteiger partial charge >= 0.3 is 0 Å². The summed E-state index contributed by atoms with van der Waals surface area (Å²) < 4.78 is 4.09. The topological polar surface area (TPSA) is 155 Å². The second-order valence-electron chi connectivity index (χ2n) is 14.2. The highest BCUT2D eigenvalue weighted by Gasteiger charge is 2.26. The van der Waals surface area contributed by atoms with Crippen LogP contribution in [-0.2, 0) is 0 Å². The van der Waals surface area contributed by atoms with Gasteiger partial charge in [-0.05, 0) is 91.0 Å². The number of nitriles is 5. The van der Waals surface area contributed by atoms with Gasteiger partial charge in [-0.25, -0.2) is 9.97 Å². The molecule has 0 aliphatic heterocycles. The minimum Gasteiger partial charge on any atom is -0.308 e. The van der Waals surface area contributed by atoms with Gasteiger partial charge in [0.1, 0.15) is 0 Å². The molecule has 0 radical (unpaired) electrons. The molecule has 0 aliphatic rings. The van der Waals surface area contributed by atoms with Crippen LogP contribution in [0.1, 0.15) is 27.8 Å². The number of rotatable bonds is 5. The first-order chi connectivity index (χ1) is 29.5. The van der Waals surface area contributed by atoms with Crippen LogP contribution in [0.2, 0.25) is 0 Å². The van der Waals surface area contributed by atoms with Crippen LogP contribution < -0.4 is 0 Å². The Morgan fingerprint density at radius 1 is 0.350 bits per heavy atom. The summed E-state index contributed by atoms with van der Waals surface area (Å²) in [6.07, 6.45) is 0. The summed E-state index contributed by atoms with van der Waals surface area (Å²) in [7, 11) is 0. The van der Waals surface area contributed by atoms with Crippen molar-refractivity contribution in [1.29, 1.82) is 26.3 Å². The zero-order valence-corrected chi connectivity index (χ0v) is 31.5. The van der Waals surface area contributed by atoms with Crippen LogP contribution in [0.4, 0.5) is 0 Å². The van der Waals surface area contributed by atoms with Gasteiger partial charge in [-0.3, -0.25) is 0 Å². The minimum absolute atomic E-state index is 0.348. The molecule has 0 saturated carbocycles. The van der Waals surface area contributed by atoms with Crippen LogP contribution in [0, 0.1) is 56.7 Å².